The predicted molar refractivity (Wildman–Crippen MR) is 41.2 cm³/mol. The van der Waals surface area contributed by atoms with Crippen molar-refractivity contribution in [3.05, 3.63) is 0 Å². The number of aliphatic carboxylic acids is 1. The van der Waals surface area contributed by atoms with Crippen LogP contribution in [0, 0.1) is 0 Å². The molecule has 0 rings (SSSR count). The van der Waals surface area contributed by atoms with E-state index in [9.17, 15) is 4.79 Å². The quantitative estimate of drug-likeness (QED) is 0.638. The lowest BCUT2D eigenvalue weighted by atomic mass is 10.3. The number of carboxylic acid groups (broad SMARTS) is 1. The van der Waals surface area contributed by atoms with Crippen LogP contribution < -0.4 is 0 Å². The minimum Gasteiger partial charge on any atom is -0.481 e. The molecule has 0 aliphatic carbocycles. The van der Waals surface area contributed by atoms with Crippen LogP contribution in [0.1, 0.15) is 13.8 Å². The molecule has 0 amide bonds. The summed E-state index contributed by atoms with van der Waals surface area (Å²) in [6, 6.07) is 0. The lowest BCUT2D eigenvalue weighted by Gasteiger charge is -2.11. The molecule has 0 saturated carbocycles. The first-order valence-corrected chi connectivity index (χ1v) is 4.10. The Hall–Kier alpha value is -0.220. The highest BCUT2D eigenvalue weighted by atomic mass is 32.2. The maximum absolute atomic E-state index is 10.0. The van der Waals surface area contributed by atoms with E-state index in [2.05, 4.69) is 0 Å². The summed E-state index contributed by atoms with van der Waals surface area (Å²) in [5, 5.41) is 17.2. The third-order valence-corrected chi connectivity index (χ3v) is 2.48. The van der Waals surface area contributed by atoms with E-state index in [0.29, 0.717) is 0 Å². The van der Waals surface area contributed by atoms with E-state index in [1.54, 1.807) is 13.8 Å². The maximum Gasteiger partial charge on any atom is 0.313 e. The van der Waals surface area contributed by atoms with Crippen molar-refractivity contribution in [3.63, 3.8) is 0 Å². The number of aliphatic hydroxyl groups is 1. The first-order chi connectivity index (χ1) is 4.54. The SMILES string of the molecule is C[C@H](SCC(=O)O)[C@@H](C)O. The van der Waals surface area contributed by atoms with Gasteiger partial charge in [-0.05, 0) is 6.92 Å². The topological polar surface area (TPSA) is 57.5 Å². The highest BCUT2D eigenvalue weighted by Gasteiger charge is 2.10. The van der Waals surface area contributed by atoms with E-state index >= 15 is 0 Å². The average molecular weight is 164 g/mol. The molecule has 3 nitrogen and oxygen atoms in total. The number of hydrogen-bond donors (Lipinski definition) is 2. The van der Waals surface area contributed by atoms with Crippen LogP contribution >= 0.6 is 11.8 Å². The molecule has 0 aliphatic rings. The van der Waals surface area contributed by atoms with Gasteiger partial charge in [-0.15, -0.1) is 11.8 Å². The Morgan fingerprint density at radius 1 is 1.60 bits per heavy atom. The number of rotatable bonds is 4. The Balaban J connectivity index is 3.39. The molecule has 0 bridgehead atoms. The molecule has 0 radical (unpaired) electrons. The van der Waals surface area contributed by atoms with Crippen molar-refractivity contribution in [2.24, 2.45) is 0 Å². The number of carbonyl (C=O) groups is 1. The average Bonchev–Trinajstić information content (AvgIpc) is 1.82. The summed E-state index contributed by atoms with van der Waals surface area (Å²) in [5.74, 6) is -0.774. The Kier molecular flexibility index (Phi) is 4.47. The van der Waals surface area contributed by atoms with Gasteiger partial charge in [-0.2, -0.15) is 0 Å². The predicted octanol–water partition coefficient (Wildman–Crippen LogP) is 0.573. The fourth-order valence-corrected chi connectivity index (χ4v) is 1.03. The fraction of sp³-hybridized carbons (Fsp3) is 0.833. The lowest BCUT2D eigenvalue weighted by Crippen LogP contribution is -2.17. The molecule has 0 spiro atoms. The van der Waals surface area contributed by atoms with Gasteiger partial charge >= 0.3 is 5.97 Å². The summed E-state index contributed by atoms with van der Waals surface area (Å²) >= 11 is 1.24. The van der Waals surface area contributed by atoms with Crippen molar-refractivity contribution in [3.8, 4) is 0 Å². The smallest absolute Gasteiger partial charge is 0.313 e. The second kappa shape index (κ2) is 4.57. The Labute approximate surface area is 64.4 Å². The Bertz CT molecular complexity index is 114. The number of hydrogen-bond acceptors (Lipinski definition) is 3. The van der Waals surface area contributed by atoms with Crippen LogP contribution in [0.25, 0.3) is 0 Å². The molecule has 0 heterocycles. The molecule has 0 aromatic rings. The van der Waals surface area contributed by atoms with E-state index in [0.717, 1.165) is 0 Å². The van der Waals surface area contributed by atoms with Crippen molar-refractivity contribution in [2.75, 3.05) is 5.75 Å². The molecule has 0 fully saturated rings. The molecular formula is C6H12O3S. The zero-order chi connectivity index (χ0) is 8.15. The van der Waals surface area contributed by atoms with Gasteiger partial charge in [0, 0.05) is 5.25 Å². The molecule has 60 valence electrons. The molecule has 10 heavy (non-hydrogen) atoms. The van der Waals surface area contributed by atoms with Gasteiger partial charge in [0.2, 0.25) is 0 Å². The number of aliphatic hydroxyl groups excluding tert-OH is 1. The largest absolute Gasteiger partial charge is 0.481 e. The van der Waals surface area contributed by atoms with Crippen molar-refractivity contribution in [1.82, 2.24) is 0 Å². The van der Waals surface area contributed by atoms with Gasteiger partial charge in [0.25, 0.3) is 0 Å². The molecule has 0 aromatic carbocycles. The third-order valence-electron chi connectivity index (χ3n) is 1.15. The summed E-state index contributed by atoms with van der Waals surface area (Å²) in [5.41, 5.74) is 0. The summed E-state index contributed by atoms with van der Waals surface area (Å²) < 4.78 is 0. The van der Waals surface area contributed by atoms with Crippen LogP contribution in [0.5, 0.6) is 0 Å². The van der Waals surface area contributed by atoms with Gasteiger partial charge in [0.05, 0.1) is 11.9 Å². The zero-order valence-corrected chi connectivity index (χ0v) is 6.89. The van der Waals surface area contributed by atoms with Crippen molar-refractivity contribution in [2.45, 2.75) is 25.2 Å². The number of carboxylic acids is 1. The van der Waals surface area contributed by atoms with E-state index in [1.807, 2.05) is 0 Å². The summed E-state index contributed by atoms with van der Waals surface area (Å²) in [7, 11) is 0. The molecule has 0 aliphatic heterocycles. The van der Waals surface area contributed by atoms with Crippen molar-refractivity contribution < 1.29 is 15.0 Å². The van der Waals surface area contributed by atoms with Gasteiger partial charge in [-0.25, -0.2) is 0 Å². The van der Waals surface area contributed by atoms with Gasteiger partial charge in [0.15, 0.2) is 0 Å². The standard InChI is InChI=1S/C6H12O3S/c1-4(7)5(2)10-3-6(8)9/h4-5,7H,3H2,1-2H3,(H,8,9)/t4-,5+/m1/s1. The first kappa shape index (κ1) is 9.78. The highest BCUT2D eigenvalue weighted by Crippen LogP contribution is 2.12. The molecular weight excluding hydrogens is 152 g/mol. The van der Waals surface area contributed by atoms with Crippen molar-refractivity contribution >= 4 is 17.7 Å². The summed E-state index contributed by atoms with van der Waals surface area (Å²) in [6.45, 7) is 3.46. The summed E-state index contributed by atoms with van der Waals surface area (Å²) in [6.07, 6.45) is -0.440. The van der Waals surface area contributed by atoms with Crippen molar-refractivity contribution in [1.29, 1.82) is 0 Å². The molecule has 0 aromatic heterocycles. The molecule has 2 N–H and O–H groups in total. The van der Waals surface area contributed by atoms with E-state index in [1.165, 1.54) is 11.8 Å². The minimum absolute atomic E-state index is 0.00361. The van der Waals surface area contributed by atoms with Crippen LogP contribution in [0.4, 0.5) is 0 Å². The highest BCUT2D eigenvalue weighted by molar-refractivity contribution is 8.00. The fourth-order valence-electron chi connectivity index (χ4n) is 0.342. The second-order valence-corrected chi connectivity index (χ2v) is 3.52. The normalized spacial score (nSPS) is 16.3. The van der Waals surface area contributed by atoms with Crippen LogP contribution in [0.3, 0.4) is 0 Å². The maximum atomic E-state index is 10.0. The van der Waals surface area contributed by atoms with Crippen LogP contribution in [-0.2, 0) is 4.79 Å². The minimum atomic E-state index is -0.836. The van der Waals surface area contributed by atoms with Crippen LogP contribution in [0.15, 0.2) is 0 Å². The monoisotopic (exact) mass is 164 g/mol. The van der Waals surface area contributed by atoms with E-state index in [4.69, 9.17) is 10.2 Å². The lowest BCUT2D eigenvalue weighted by molar-refractivity contribution is -0.133. The molecule has 0 unspecified atom stereocenters. The third kappa shape index (κ3) is 4.64. The molecule has 2 atom stereocenters. The van der Waals surface area contributed by atoms with Gasteiger partial charge < -0.3 is 10.2 Å². The van der Waals surface area contributed by atoms with Gasteiger partial charge in [-0.1, -0.05) is 6.92 Å². The first-order valence-electron chi connectivity index (χ1n) is 3.05. The van der Waals surface area contributed by atoms with E-state index < -0.39 is 12.1 Å². The number of thioether (sulfide) groups is 1. The molecule has 4 heteroatoms. The van der Waals surface area contributed by atoms with E-state index in [-0.39, 0.29) is 11.0 Å². The Morgan fingerprint density at radius 3 is 2.40 bits per heavy atom. The summed E-state index contributed by atoms with van der Waals surface area (Å²) in [4.78, 5) is 10.0. The van der Waals surface area contributed by atoms with Crippen LogP contribution in [-0.4, -0.2) is 33.3 Å². The zero-order valence-electron chi connectivity index (χ0n) is 6.07. The Morgan fingerprint density at radius 2 is 2.10 bits per heavy atom. The van der Waals surface area contributed by atoms with Gasteiger partial charge in [0.1, 0.15) is 0 Å². The molecule has 0 saturated heterocycles. The second-order valence-electron chi connectivity index (χ2n) is 2.15. The van der Waals surface area contributed by atoms with Crippen LogP contribution in [0.2, 0.25) is 0 Å². The van der Waals surface area contributed by atoms with Gasteiger partial charge in [-0.3, -0.25) is 4.79 Å².